The van der Waals surface area contributed by atoms with Crippen LogP contribution in [0.1, 0.15) is 58.6 Å². The van der Waals surface area contributed by atoms with E-state index in [4.69, 9.17) is 4.74 Å². The molecule has 2 rings (SSSR count). The van der Waals surface area contributed by atoms with Crippen molar-refractivity contribution < 1.29 is 22.7 Å². The van der Waals surface area contributed by atoms with Gasteiger partial charge in [-0.1, -0.05) is 38.1 Å². The second-order valence-corrected chi connectivity index (χ2v) is 12.2. The van der Waals surface area contributed by atoms with E-state index in [-0.39, 0.29) is 18.4 Å². The quantitative estimate of drug-likeness (QED) is 0.515. The number of hydrogen-bond donors (Lipinski definition) is 1. The molecule has 36 heavy (non-hydrogen) atoms. The molecule has 0 saturated carbocycles. The molecule has 0 aliphatic carbocycles. The van der Waals surface area contributed by atoms with Gasteiger partial charge in [-0.25, -0.2) is 8.42 Å². The molecular weight excluding hydrogens is 478 g/mol. The van der Waals surface area contributed by atoms with Crippen LogP contribution in [0.2, 0.25) is 0 Å². The first kappa shape index (κ1) is 29.2. The second kappa shape index (κ2) is 11.8. The fourth-order valence-electron chi connectivity index (χ4n) is 3.66. The number of methoxy groups -OCH3 is 1. The van der Waals surface area contributed by atoms with Crippen molar-refractivity contribution in [3.05, 3.63) is 59.7 Å². The van der Waals surface area contributed by atoms with E-state index < -0.39 is 34.1 Å². The summed E-state index contributed by atoms with van der Waals surface area (Å²) in [4.78, 5) is 28.0. The van der Waals surface area contributed by atoms with Gasteiger partial charge in [-0.2, -0.15) is 0 Å². The Labute approximate surface area is 215 Å². The molecule has 8 nitrogen and oxygen atoms in total. The van der Waals surface area contributed by atoms with Gasteiger partial charge in [0, 0.05) is 12.1 Å². The number of carbonyl (C=O) groups excluding carboxylic acids is 2. The van der Waals surface area contributed by atoms with E-state index in [1.54, 1.807) is 44.4 Å². The van der Waals surface area contributed by atoms with Crippen molar-refractivity contribution >= 4 is 27.5 Å². The summed E-state index contributed by atoms with van der Waals surface area (Å²) in [6.45, 7) is 11.0. The van der Waals surface area contributed by atoms with Gasteiger partial charge in [0.05, 0.1) is 19.1 Å². The molecule has 198 valence electrons. The molecule has 9 heteroatoms. The maximum absolute atomic E-state index is 13.6. The summed E-state index contributed by atoms with van der Waals surface area (Å²) in [6, 6.07) is 13.5. The minimum Gasteiger partial charge on any atom is -0.497 e. The molecule has 2 aromatic rings. The molecule has 0 unspecified atom stereocenters. The number of carbonyl (C=O) groups is 2. The maximum atomic E-state index is 13.6. The molecule has 0 aliphatic heterocycles. The summed E-state index contributed by atoms with van der Waals surface area (Å²) in [7, 11) is -2.22. The van der Waals surface area contributed by atoms with Crippen molar-refractivity contribution in [2.24, 2.45) is 0 Å². The van der Waals surface area contributed by atoms with Crippen LogP contribution in [0.15, 0.2) is 48.5 Å². The van der Waals surface area contributed by atoms with Crippen LogP contribution in [0.3, 0.4) is 0 Å². The average Bonchev–Trinajstić information content (AvgIpc) is 2.78. The molecule has 0 aromatic heterocycles. The van der Waals surface area contributed by atoms with E-state index in [2.05, 4.69) is 5.32 Å². The normalized spacial score (nSPS) is 12.7. The summed E-state index contributed by atoms with van der Waals surface area (Å²) in [5.41, 5.74) is 1.71. The number of nitrogens with zero attached hydrogens (tertiary/aromatic N) is 2. The van der Waals surface area contributed by atoms with E-state index in [1.165, 1.54) is 4.90 Å². The number of hydrogen-bond acceptors (Lipinski definition) is 5. The number of anilines is 1. The lowest BCUT2D eigenvalue weighted by molar-refractivity contribution is -0.140. The van der Waals surface area contributed by atoms with Crippen LogP contribution in [-0.2, 0) is 26.2 Å². The number of rotatable bonds is 10. The van der Waals surface area contributed by atoms with Crippen LogP contribution in [0.25, 0.3) is 0 Å². The Kier molecular flexibility index (Phi) is 9.54. The Bertz CT molecular complexity index is 1150. The van der Waals surface area contributed by atoms with Crippen molar-refractivity contribution in [3.63, 3.8) is 0 Å². The summed E-state index contributed by atoms with van der Waals surface area (Å²) >= 11 is 0. The third kappa shape index (κ3) is 8.26. The van der Waals surface area contributed by atoms with Gasteiger partial charge in [0.2, 0.25) is 21.8 Å². The zero-order valence-corrected chi connectivity index (χ0v) is 23.3. The number of benzene rings is 2. The van der Waals surface area contributed by atoms with Gasteiger partial charge in [0.25, 0.3) is 0 Å². The molecule has 2 aromatic carbocycles. The predicted octanol–water partition coefficient (Wildman–Crippen LogP) is 3.92. The Morgan fingerprint density at radius 2 is 1.64 bits per heavy atom. The van der Waals surface area contributed by atoms with Crippen LogP contribution in [-0.4, -0.2) is 56.6 Å². The highest BCUT2D eigenvalue weighted by Gasteiger charge is 2.31. The minimum absolute atomic E-state index is 0.110. The monoisotopic (exact) mass is 517 g/mol. The van der Waals surface area contributed by atoms with E-state index in [9.17, 15) is 18.0 Å². The molecule has 2 amide bonds. The third-order valence-electron chi connectivity index (χ3n) is 5.68. The smallest absolute Gasteiger partial charge is 0.244 e. The molecule has 0 fully saturated rings. The van der Waals surface area contributed by atoms with Gasteiger partial charge >= 0.3 is 0 Å². The molecule has 0 heterocycles. The van der Waals surface area contributed by atoms with Gasteiger partial charge in [-0.3, -0.25) is 13.9 Å². The first-order valence-electron chi connectivity index (χ1n) is 11.9. The fourth-order valence-corrected chi connectivity index (χ4v) is 4.51. The Morgan fingerprint density at radius 1 is 1.03 bits per heavy atom. The van der Waals surface area contributed by atoms with Gasteiger partial charge in [0.15, 0.2) is 0 Å². The topological polar surface area (TPSA) is 96.0 Å². The summed E-state index contributed by atoms with van der Waals surface area (Å²) in [5, 5.41) is 2.91. The molecule has 0 bridgehead atoms. The molecule has 1 N–H and O–H groups in total. The minimum atomic E-state index is -3.77. The van der Waals surface area contributed by atoms with Crippen molar-refractivity contribution in [3.8, 4) is 5.75 Å². The summed E-state index contributed by atoms with van der Waals surface area (Å²) < 4.78 is 31.8. The lowest BCUT2D eigenvalue weighted by Gasteiger charge is -2.33. The van der Waals surface area contributed by atoms with Crippen LogP contribution in [0.5, 0.6) is 5.75 Å². The van der Waals surface area contributed by atoms with Gasteiger partial charge in [0.1, 0.15) is 18.3 Å². The van der Waals surface area contributed by atoms with Crippen molar-refractivity contribution in [1.82, 2.24) is 10.2 Å². The van der Waals surface area contributed by atoms with Gasteiger partial charge in [-0.15, -0.1) is 0 Å². The second-order valence-electron chi connectivity index (χ2n) is 10.3. The number of amides is 2. The standard InChI is InChI=1S/C27H39N3O5S/c1-19(2)22-12-14-23(15-13-22)30(36(8,33)34)18-25(31)29(20(3)26(32)28-27(4,5)6)17-21-10-9-11-24(16-21)35-7/h9-16,19-20H,17-18H2,1-8H3,(H,28,32)/t20-/m1/s1. The van der Waals surface area contributed by atoms with Crippen LogP contribution in [0, 0.1) is 0 Å². The molecular formula is C27H39N3O5S. The maximum Gasteiger partial charge on any atom is 0.244 e. The van der Waals surface area contributed by atoms with E-state index >= 15 is 0 Å². The average molecular weight is 518 g/mol. The first-order chi connectivity index (χ1) is 16.6. The molecule has 1 atom stereocenters. The highest BCUT2D eigenvalue weighted by atomic mass is 32.2. The van der Waals surface area contributed by atoms with E-state index in [0.29, 0.717) is 11.4 Å². The Balaban J connectivity index is 2.42. The summed E-state index contributed by atoms with van der Waals surface area (Å²) in [6.07, 6.45) is 1.07. The van der Waals surface area contributed by atoms with Gasteiger partial charge < -0.3 is 15.0 Å². The molecule has 0 spiro atoms. The zero-order valence-electron chi connectivity index (χ0n) is 22.5. The van der Waals surface area contributed by atoms with Crippen LogP contribution in [0.4, 0.5) is 5.69 Å². The third-order valence-corrected chi connectivity index (χ3v) is 6.82. The molecule has 0 aliphatic rings. The Morgan fingerprint density at radius 3 is 2.14 bits per heavy atom. The van der Waals surface area contributed by atoms with Crippen LogP contribution < -0.4 is 14.4 Å². The van der Waals surface area contributed by atoms with Crippen LogP contribution >= 0.6 is 0 Å². The van der Waals surface area contributed by atoms with Gasteiger partial charge in [-0.05, 0) is 69.0 Å². The number of nitrogens with one attached hydrogen (secondary N) is 1. The lowest BCUT2D eigenvalue weighted by Crippen LogP contribution is -2.54. The lowest BCUT2D eigenvalue weighted by atomic mass is 10.0. The SMILES string of the molecule is COc1cccc(CN(C(=O)CN(c2ccc(C(C)C)cc2)S(C)(=O)=O)[C@H](C)C(=O)NC(C)(C)C)c1. The number of sulfonamides is 1. The predicted molar refractivity (Wildman–Crippen MR) is 144 cm³/mol. The highest BCUT2D eigenvalue weighted by Crippen LogP contribution is 2.23. The first-order valence-corrected chi connectivity index (χ1v) is 13.8. The largest absolute Gasteiger partial charge is 0.497 e. The van der Waals surface area contributed by atoms with Crippen molar-refractivity contribution in [2.75, 3.05) is 24.2 Å². The fraction of sp³-hybridized carbons (Fsp3) is 0.481. The Hall–Kier alpha value is -3.07. The van der Waals surface area contributed by atoms with Crippen molar-refractivity contribution in [1.29, 1.82) is 0 Å². The van der Waals surface area contributed by atoms with E-state index in [1.807, 2.05) is 52.8 Å². The number of ether oxygens (including phenoxy) is 1. The summed E-state index contributed by atoms with van der Waals surface area (Å²) in [5.74, 6) is 0.0845. The molecule has 0 radical (unpaired) electrons. The highest BCUT2D eigenvalue weighted by molar-refractivity contribution is 7.92. The van der Waals surface area contributed by atoms with Crippen molar-refractivity contribution in [2.45, 2.75) is 65.6 Å². The van der Waals surface area contributed by atoms with E-state index in [0.717, 1.165) is 21.7 Å². The zero-order chi connectivity index (χ0) is 27.3. The molecule has 0 saturated heterocycles.